The Morgan fingerprint density at radius 1 is 1.33 bits per heavy atom. The Balaban J connectivity index is 2.76. The summed E-state index contributed by atoms with van der Waals surface area (Å²) in [4.78, 5) is 20.1. The molecule has 0 saturated heterocycles. The van der Waals surface area contributed by atoms with Crippen LogP contribution >= 0.6 is 0 Å². The van der Waals surface area contributed by atoms with E-state index in [4.69, 9.17) is 0 Å². The summed E-state index contributed by atoms with van der Waals surface area (Å²) in [6, 6.07) is 1.76. The van der Waals surface area contributed by atoms with Crippen LogP contribution in [-0.2, 0) is 0 Å². The molecular formula is C13H22N4O. The Labute approximate surface area is 109 Å². The first-order chi connectivity index (χ1) is 8.56. The minimum absolute atomic E-state index is 0.0233. The molecule has 0 aliphatic rings. The highest BCUT2D eigenvalue weighted by Gasteiger charge is 2.15. The number of rotatable bonds is 6. The Morgan fingerprint density at radius 3 is 2.67 bits per heavy atom. The second kappa shape index (κ2) is 6.96. The van der Waals surface area contributed by atoms with Crippen molar-refractivity contribution in [1.29, 1.82) is 0 Å². The van der Waals surface area contributed by atoms with Crippen molar-refractivity contribution in [2.45, 2.75) is 6.92 Å². The number of carbonyl (C=O) groups is 1. The van der Waals surface area contributed by atoms with Crippen LogP contribution < -0.4 is 5.32 Å². The summed E-state index contributed by atoms with van der Waals surface area (Å²) in [5, 5.41) is 3.16. The summed E-state index contributed by atoms with van der Waals surface area (Å²) in [7, 11) is 5.81. The van der Waals surface area contributed by atoms with E-state index in [2.05, 4.69) is 15.2 Å². The third-order valence-electron chi connectivity index (χ3n) is 2.65. The normalized spacial score (nSPS) is 10.5. The maximum Gasteiger partial charge on any atom is 0.255 e. The number of amides is 1. The van der Waals surface area contributed by atoms with E-state index in [1.165, 1.54) is 0 Å². The molecule has 1 aromatic heterocycles. The number of hydrogen-bond donors (Lipinski definition) is 1. The van der Waals surface area contributed by atoms with Gasteiger partial charge >= 0.3 is 0 Å². The van der Waals surface area contributed by atoms with Crippen molar-refractivity contribution in [2.75, 3.05) is 46.1 Å². The van der Waals surface area contributed by atoms with Crippen LogP contribution in [0, 0.1) is 0 Å². The molecule has 0 radical (unpaired) electrons. The van der Waals surface area contributed by atoms with E-state index in [-0.39, 0.29) is 5.91 Å². The fraction of sp³-hybridized carbons (Fsp3) is 0.538. The number of anilines is 1. The molecule has 0 unspecified atom stereocenters. The van der Waals surface area contributed by atoms with Gasteiger partial charge in [0.15, 0.2) is 0 Å². The minimum atomic E-state index is 0.0233. The zero-order chi connectivity index (χ0) is 13.5. The monoisotopic (exact) mass is 250 g/mol. The number of carbonyl (C=O) groups excluding carboxylic acids is 1. The van der Waals surface area contributed by atoms with E-state index >= 15 is 0 Å². The van der Waals surface area contributed by atoms with E-state index in [1.807, 2.05) is 28.1 Å². The lowest BCUT2D eigenvalue weighted by Crippen LogP contribution is -2.33. The number of aromatic nitrogens is 1. The zero-order valence-corrected chi connectivity index (χ0v) is 11.6. The van der Waals surface area contributed by atoms with Crippen molar-refractivity contribution >= 4 is 11.6 Å². The van der Waals surface area contributed by atoms with Gasteiger partial charge in [0.05, 0.1) is 17.4 Å². The fourth-order valence-electron chi connectivity index (χ4n) is 1.57. The van der Waals surface area contributed by atoms with Crippen molar-refractivity contribution in [3.8, 4) is 0 Å². The van der Waals surface area contributed by atoms with Gasteiger partial charge in [-0.25, -0.2) is 0 Å². The molecule has 1 N–H and O–H groups in total. The summed E-state index contributed by atoms with van der Waals surface area (Å²) in [6.07, 6.45) is 3.34. The van der Waals surface area contributed by atoms with Gasteiger partial charge in [-0.3, -0.25) is 9.78 Å². The lowest BCUT2D eigenvalue weighted by molar-refractivity contribution is 0.0787. The summed E-state index contributed by atoms with van der Waals surface area (Å²) in [5.74, 6) is 0.0233. The molecule has 18 heavy (non-hydrogen) atoms. The maximum atomic E-state index is 12.3. The van der Waals surface area contributed by atoms with Crippen LogP contribution in [0.2, 0.25) is 0 Å². The summed E-state index contributed by atoms with van der Waals surface area (Å²) in [5.41, 5.74) is 1.47. The molecule has 0 fully saturated rings. The largest absolute Gasteiger partial charge is 0.383 e. The zero-order valence-electron chi connectivity index (χ0n) is 11.6. The Hall–Kier alpha value is -1.62. The molecule has 0 aliphatic carbocycles. The average molecular weight is 250 g/mol. The second-order valence-electron chi connectivity index (χ2n) is 4.48. The molecule has 0 bridgehead atoms. The number of likely N-dealkylation sites (N-methyl/N-ethyl adjacent to an activating group) is 2. The molecule has 5 heteroatoms. The average Bonchev–Trinajstić information content (AvgIpc) is 2.36. The lowest BCUT2D eigenvalue weighted by atomic mass is 10.2. The van der Waals surface area contributed by atoms with Crippen molar-refractivity contribution in [3.05, 3.63) is 24.0 Å². The molecule has 0 aliphatic heterocycles. The van der Waals surface area contributed by atoms with Crippen molar-refractivity contribution in [1.82, 2.24) is 14.8 Å². The first kappa shape index (κ1) is 14.4. The van der Waals surface area contributed by atoms with Crippen molar-refractivity contribution in [2.24, 2.45) is 0 Å². The molecule has 0 saturated carbocycles. The highest BCUT2D eigenvalue weighted by molar-refractivity contribution is 5.99. The molecule has 100 valence electrons. The highest BCUT2D eigenvalue weighted by Crippen LogP contribution is 2.14. The van der Waals surface area contributed by atoms with E-state index in [0.29, 0.717) is 12.1 Å². The van der Waals surface area contributed by atoms with E-state index in [0.717, 1.165) is 18.8 Å². The number of pyridine rings is 1. The fourth-order valence-corrected chi connectivity index (χ4v) is 1.57. The van der Waals surface area contributed by atoms with Crippen LogP contribution in [0.5, 0.6) is 0 Å². The standard InChI is InChI=1S/C13H22N4O/c1-5-15-12-10-14-7-6-11(12)13(18)17(4)9-8-16(2)3/h6-7,10,15H,5,8-9H2,1-4H3. The smallest absolute Gasteiger partial charge is 0.255 e. The third-order valence-corrected chi connectivity index (χ3v) is 2.65. The van der Waals surface area contributed by atoms with Crippen molar-refractivity contribution in [3.63, 3.8) is 0 Å². The molecule has 0 aromatic carbocycles. The van der Waals surface area contributed by atoms with Crippen LogP contribution in [0.25, 0.3) is 0 Å². The predicted molar refractivity (Wildman–Crippen MR) is 73.9 cm³/mol. The Bertz CT molecular complexity index is 392. The second-order valence-corrected chi connectivity index (χ2v) is 4.48. The lowest BCUT2D eigenvalue weighted by Gasteiger charge is -2.21. The molecule has 5 nitrogen and oxygen atoms in total. The van der Waals surface area contributed by atoms with Crippen LogP contribution in [0.3, 0.4) is 0 Å². The van der Waals surface area contributed by atoms with Gasteiger partial charge in [0.25, 0.3) is 5.91 Å². The van der Waals surface area contributed by atoms with Crippen molar-refractivity contribution < 1.29 is 4.79 Å². The van der Waals surface area contributed by atoms with E-state index < -0.39 is 0 Å². The van der Waals surface area contributed by atoms with Gasteiger partial charge in [-0.15, -0.1) is 0 Å². The van der Waals surface area contributed by atoms with Crippen LogP contribution in [-0.4, -0.2) is 61.5 Å². The number of hydrogen-bond acceptors (Lipinski definition) is 4. The predicted octanol–water partition coefficient (Wildman–Crippen LogP) is 1.15. The first-order valence-electron chi connectivity index (χ1n) is 6.14. The van der Waals surface area contributed by atoms with Gasteiger partial charge in [-0.05, 0) is 27.1 Å². The van der Waals surface area contributed by atoms with Gasteiger partial charge < -0.3 is 15.1 Å². The van der Waals surface area contributed by atoms with Gasteiger partial charge in [0.2, 0.25) is 0 Å². The molecule has 1 heterocycles. The van der Waals surface area contributed by atoms with E-state index in [1.54, 1.807) is 23.4 Å². The number of nitrogens with zero attached hydrogens (tertiary/aromatic N) is 3. The maximum absolute atomic E-state index is 12.3. The summed E-state index contributed by atoms with van der Waals surface area (Å²) in [6.45, 7) is 4.33. The molecule has 0 spiro atoms. The van der Waals surface area contributed by atoms with Gasteiger partial charge in [-0.2, -0.15) is 0 Å². The van der Waals surface area contributed by atoms with Crippen LogP contribution in [0.15, 0.2) is 18.5 Å². The minimum Gasteiger partial charge on any atom is -0.383 e. The first-order valence-corrected chi connectivity index (χ1v) is 6.14. The topological polar surface area (TPSA) is 48.5 Å². The Kier molecular flexibility index (Phi) is 5.58. The van der Waals surface area contributed by atoms with Crippen LogP contribution in [0.4, 0.5) is 5.69 Å². The third kappa shape index (κ3) is 4.00. The van der Waals surface area contributed by atoms with Gasteiger partial charge in [0, 0.05) is 32.9 Å². The van der Waals surface area contributed by atoms with Gasteiger partial charge in [-0.1, -0.05) is 0 Å². The number of nitrogens with one attached hydrogen (secondary N) is 1. The Morgan fingerprint density at radius 2 is 2.06 bits per heavy atom. The molecular weight excluding hydrogens is 228 g/mol. The highest BCUT2D eigenvalue weighted by atomic mass is 16.2. The summed E-state index contributed by atoms with van der Waals surface area (Å²) >= 11 is 0. The molecule has 1 aromatic rings. The SMILES string of the molecule is CCNc1cnccc1C(=O)N(C)CCN(C)C. The molecule has 1 rings (SSSR count). The summed E-state index contributed by atoms with van der Waals surface area (Å²) < 4.78 is 0. The molecule has 0 atom stereocenters. The van der Waals surface area contributed by atoms with E-state index in [9.17, 15) is 4.79 Å². The van der Waals surface area contributed by atoms with Gasteiger partial charge in [0.1, 0.15) is 0 Å². The van der Waals surface area contributed by atoms with Crippen LogP contribution in [0.1, 0.15) is 17.3 Å². The quantitative estimate of drug-likeness (QED) is 0.822. The molecule has 1 amide bonds.